The van der Waals surface area contributed by atoms with E-state index < -0.39 is 0 Å². The fraction of sp³-hybridized carbons (Fsp3) is 0.733. The summed E-state index contributed by atoms with van der Waals surface area (Å²) in [6, 6.07) is 4.94. The average molecular weight is 283 g/mol. The van der Waals surface area contributed by atoms with Gasteiger partial charge in [0.1, 0.15) is 0 Å². The van der Waals surface area contributed by atoms with Crippen molar-refractivity contribution in [3.63, 3.8) is 0 Å². The van der Waals surface area contributed by atoms with E-state index >= 15 is 0 Å². The summed E-state index contributed by atoms with van der Waals surface area (Å²) in [7, 11) is 4.26. The molecule has 1 heterocycles. The first-order valence-corrected chi connectivity index (χ1v) is 8.15. The SMILES string of the molecule is CCC(N)C(c1cccs1)N(CC)CCCN(C)C. The van der Waals surface area contributed by atoms with Crippen molar-refractivity contribution in [3.05, 3.63) is 22.4 Å². The maximum atomic E-state index is 6.37. The zero-order valence-electron chi connectivity index (χ0n) is 12.8. The molecule has 1 aromatic heterocycles. The predicted molar refractivity (Wildman–Crippen MR) is 85.7 cm³/mol. The maximum absolute atomic E-state index is 6.37. The van der Waals surface area contributed by atoms with Gasteiger partial charge in [0, 0.05) is 17.5 Å². The lowest BCUT2D eigenvalue weighted by Gasteiger charge is -2.34. The van der Waals surface area contributed by atoms with Crippen LogP contribution in [0.4, 0.5) is 0 Å². The van der Waals surface area contributed by atoms with Gasteiger partial charge in [-0.2, -0.15) is 0 Å². The van der Waals surface area contributed by atoms with Crippen LogP contribution in [-0.4, -0.2) is 49.6 Å². The average Bonchev–Trinajstić information content (AvgIpc) is 2.90. The summed E-state index contributed by atoms with van der Waals surface area (Å²) in [6.45, 7) is 7.72. The molecular weight excluding hydrogens is 254 g/mol. The molecule has 0 fully saturated rings. The molecule has 1 rings (SSSR count). The van der Waals surface area contributed by atoms with Crippen LogP contribution in [0.5, 0.6) is 0 Å². The van der Waals surface area contributed by atoms with Crippen molar-refractivity contribution in [2.24, 2.45) is 5.73 Å². The van der Waals surface area contributed by atoms with E-state index in [-0.39, 0.29) is 6.04 Å². The third-order valence-corrected chi connectivity index (χ3v) is 4.50. The van der Waals surface area contributed by atoms with Gasteiger partial charge in [0.25, 0.3) is 0 Å². The minimum Gasteiger partial charge on any atom is -0.326 e. The molecule has 0 spiro atoms. The molecule has 0 aliphatic rings. The molecule has 2 unspecified atom stereocenters. The topological polar surface area (TPSA) is 32.5 Å². The standard InChI is InChI=1S/C15H29N3S/c1-5-13(16)15(14-9-7-12-19-14)18(6-2)11-8-10-17(3)4/h7,9,12-13,15H,5-6,8,10-11,16H2,1-4H3. The van der Waals surface area contributed by atoms with E-state index in [1.165, 1.54) is 11.3 Å². The number of hydrogen-bond donors (Lipinski definition) is 1. The highest BCUT2D eigenvalue weighted by atomic mass is 32.1. The number of nitrogens with two attached hydrogens (primary N) is 1. The van der Waals surface area contributed by atoms with Gasteiger partial charge in [-0.3, -0.25) is 4.90 Å². The minimum atomic E-state index is 0.220. The Bertz CT molecular complexity index is 324. The quantitative estimate of drug-likeness (QED) is 0.756. The van der Waals surface area contributed by atoms with Gasteiger partial charge in [-0.25, -0.2) is 0 Å². The fourth-order valence-electron chi connectivity index (χ4n) is 2.43. The summed E-state index contributed by atoms with van der Waals surface area (Å²) < 4.78 is 0. The van der Waals surface area contributed by atoms with Gasteiger partial charge in [-0.05, 0) is 51.5 Å². The largest absolute Gasteiger partial charge is 0.326 e. The Labute approximate surface area is 122 Å². The maximum Gasteiger partial charge on any atom is 0.0593 e. The van der Waals surface area contributed by atoms with Crippen molar-refractivity contribution in [3.8, 4) is 0 Å². The van der Waals surface area contributed by atoms with Crippen molar-refractivity contribution < 1.29 is 0 Å². The number of hydrogen-bond acceptors (Lipinski definition) is 4. The first-order chi connectivity index (χ1) is 9.10. The molecule has 0 aliphatic carbocycles. The van der Waals surface area contributed by atoms with Gasteiger partial charge in [0.15, 0.2) is 0 Å². The van der Waals surface area contributed by atoms with E-state index in [0.717, 1.165) is 26.1 Å². The van der Waals surface area contributed by atoms with Crippen molar-refractivity contribution in [2.45, 2.75) is 38.8 Å². The third-order valence-electron chi connectivity index (χ3n) is 3.56. The number of thiophene rings is 1. The molecule has 0 bridgehead atoms. The Balaban J connectivity index is 2.70. The van der Waals surface area contributed by atoms with Gasteiger partial charge in [0.05, 0.1) is 6.04 Å². The van der Waals surface area contributed by atoms with Crippen LogP contribution < -0.4 is 5.73 Å². The summed E-state index contributed by atoms with van der Waals surface area (Å²) in [6.07, 6.45) is 2.21. The highest BCUT2D eigenvalue weighted by Crippen LogP contribution is 2.28. The van der Waals surface area contributed by atoms with Crippen LogP contribution in [0.15, 0.2) is 17.5 Å². The Morgan fingerprint density at radius 2 is 2.00 bits per heavy atom. The van der Waals surface area contributed by atoms with Gasteiger partial charge in [-0.1, -0.05) is 19.9 Å². The van der Waals surface area contributed by atoms with Crippen molar-refractivity contribution in [1.82, 2.24) is 9.80 Å². The smallest absolute Gasteiger partial charge is 0.0593 e. The number of likely N-dealkylation sites (N-methyl/N-ethyl adjacent to an activating group) is 1. The molecule has 0 amide bonds. The van der Waals surface area contributed by atoms with Gasteiger partial charge >= 0.3 is 0 Å². The lowest BCUT2D eigenvalue weighted by atomic mass is 10.0. The minimum absolute atomic E-state index is 0.220. The highest BCUT2D eigenvalue weighted by molar-refractivity contribution is 7.10. The van der Waals surface area contributed by atoms with Crippen LogP contribution in [0.25, 0.3) is 0 Å². The third kappa shape index (κ3) is 5.22. The van der Waals surface area contributed by atoms with E-state index in [1.54, 1.807) is 0 Å². The Kier molecular flexibility index (Phi) is 7.61. The number of nitrogens with zero attached hydrogens (tertiary/aromatic N) is 2. The Hall–Kier alpha value is -0.420. The first kappa shape index (κ1) is 16.6. The molecule has 110 valence electrons. The van der Waals surface area contributed by atoms with Gasteiger partial charge in [-0.15, -0.1) is 11.3 Å². The van der Waals surface area contributed by atoms with E-state index in [2.05, 4.69) is 55.3 Å². The summed E-state index contributed by atoms with van der Waals surface area (Å²) in [5.74, 6) is 0. The van der Waals surface area contributed by atoms with E-state index in [0.29, 0.717) is 6.04 Å². The zero-order chi connectivity index (χ0) is 14.3. The second kappa shape index (κ2) is 8.69. The molecule has 19 heavy (non-hydrogen) atoms. The molecule has 0 saturated heterocycles. The van der Waals surface area contributed by atoms with E-state index in [9.17, 15) is 0 Å². The summed E-state index contributed by atoms with van der Waals surface area (Å²) in [4.78, 5) is 6.18. The first-order valence-electron chi connectivity index (χ1n) is 7.27. The predicted octanol–water partition coefficient (Wildman–Crippen LogP) is 2.80. The normalized spacial score (nSPS) is 15.1. The lowest BCUT2D eigenvalue weighted by Crippen LogP contribution is -2.41. The fourth-order valence-corrected chi connectivity index (χ4v) is 3.36. The summed E-state index contributed by atoms with van der Waals surface area (Å²) in [5, 5.41) is 2.15. The Morgan fingerprint density at radius 3 is 2.47 bits per heavy atom. The van der Waals surface area contributed by atoms with Crippen LogP contribution in [-0.2, 0) is 0 Å². The van der Waals surface area contributed by atoms with Crippen LogP contribution in [0, 0.1) is 0 Å². The lowest BCUT2D eigenvalue weighted by molar-refractivity contribution is 0.173. The second-order valence-corrected chi connectivity index (χ2v) is 6.30. The van der Waals surface area contributed by atoms with Crippen LogP contribution >= 0.6 is 11.3 Å². The molecule has 0 saturated carbocycles. The molecule has 0 aromatic carbocycles. The molecular formula is C15H29N3S. The molecule has 1 aromatic rings. The zero-order valence-corrected chi connectivity index (χ0v) is 13.6. The molecule has 3 nitrogen and oxygen atoms in total. The molecule has 0 radical (unpaired) electrons. The second-order valence-electron chi connectivity index (χ2n) is 5.32. The summed E-state index contributed by atoms with van der Waals surface area (Å²) in [5.41, 5.74) is 6.37. The molecule has 4 heteroatoms. The van der Waals surface area contributed by atoms with Crippen molar-refractivity contribution in [1.29, 1.82) is 0 Å². The number of rotatable bonds is 9. The van der Waals surface area contributed by atoms with Crippen molar-refractivity contribution in [2.75, 3.05) is 33.7 Å². The van der Waals surface area contributed by atoms with Crippen molar-refractivity contribution >= 4 is 11.3 Å². The molecule has 0 aliphatic heterocycles. The van der Waals surface area contributed by atoms with Gasteiger partial charge < -0.3 is 10.6 Å². The van der Waals surface area contributed by atoms with Crippen LogP contribution in [0.3, 0.4) is 0 Å². The van der Waals surface area contributed by atoms with E-state index in [1.807, 2.05) is 11.3 Å². The molecule has 2 N–H and O–H groups in total. The molecule has 2 atom stereocenters. The monoisotopic (exact) mass is 283 g/mol. The van der Waals surface area contributed by atoms with Gasteiger partial charge in [0.2, 0.25) is 0 Å². The van der Waals surface area contributed by atoms with Crippen LogP contribution in [0.2, 0.25) is 0 Å². The highest BCUT2D eigenvalue weighted by Gasteiger charge is 2.25. The Morgan fingerprint density at radius 1 is 1.26 bits per heavy atom. The van der Waals surface area contributed by atoms with Crippen LogP contribution in [0.1, 0.15) is 37.6 Å². The van der Waals surface area contributed by atoms with E-state index in [4.69, 9.17) is 5.73 Å². The summed E-state index contributed by atoms with van der Waals surface area (Å²) >= 11 is 1.83.